The Morgan fingerprint density at radius 2 is 2.00 bits per heavy atom. The molecule has 0 aliphatic carbocycles. The van der Waals surface area contributed by atoms with E-state index in [1.807, 2.05) is 36.4 Å². The lowest BCUT2D eigenvalue weighted by Gasteiger charge is -2.05. The van der Waals surface area contributed by atoms with Crippen molar-refractivity contribution in [3.05, 3.63) is 70.9 Å². The Kier molecular flexibility index (Phi) is 5.86. The van der Waals surface area contributed by atoms with E-state index in [4.69, 9.17) is 16.3 Å². The number of ether oxygens (including phenoxy) is 1. The predicted molar refractivity (Wildman–Crippen MR) is 88.9 cm³/mol. The van der Waals surface area contributed by atoms with E-state index in [0.717, 1.165) is 16.9 Å². The van der Waals surface area contributed by atoms with E-state index in [2.05, 4.69) is 10.6 Å². The second-order valence-electron chi connectivity index (χ2n) is 4.56. The number of hydrogen-bond acceptors (Lipinski definition) is 2. The molecule has 0 spiro atoms. The highest BCUT2D eigenvalue weighted by molar-refractivity contribution is 6.30. The Morgan fingerprint density at radius 3 is 2.73 bits per heavy atom. The molecule has 5 heteroatoms. The quantitative estimate of drug-likeness (QED) is 0.881. The first kappa shape index (κ1) is 15.9. The fraction of sp³-hybridized carbons (Fsp3) is 0.118. The van der Waals surface area contributed by atoms with Crippen molar-refractivity contribution in [1.82, 2.24) is 10.6 Å². The van der Waals surface area contributed by atoms with Crippen LogP contribution in [0.5, 0.6) is 5.75 Å². The average Bonchev–Trinajstić information content (AvgIpc) is 2.54. The van der Waals surface area contributed by atoms with Crippen molar-refractivity contribution in [2.45, 2.75) is 6.54 Å². The molecule has 0 unspecified atom stereocenters. The van der Waals surface area contributed by atoms with Gasteiger partial charge in [-0.1, -0.05) is 35.9 Å². The van der Waals surface area contributed by atoms with Crippen LogP contribution < -0.4 is 15.4 Å². The van der Waals surface area contributed by atoms with Crippen molar-refractivity contribution in [3.63, 3.8) is 0 Å². The maximum Gasteiger partial charge on any atom is 0.319 e. The molecule has 0 aromatic heterocycles. The van der Waals surface area contributed by atoms with Crippen LogP contribution in [-0.4, -0.2) is 13.1 Å². The standard InChI is InChI=1S/C17H17ClN2O2/c1-22-16-4-2-3-13(11-16)9-10-19-17(21)20-12-14-5-7-15(18)8-6-14/h2-11H,12H2,1H3,(H2,19,20,21)/b10-9+. The summed E-state index contributed by atoms with van der Waals surface area (Å²) in [4.78, 5) is 11.7. The minimum atomic E-state index is -0.269. The van der Waals surface area contributed by atoms with Gasteiger partial charge in [-0.25, -0.2) is 4.79 Å². The fourth-order valence-corrected chi connectivity index (χ4v) is 1.92. The molecule has 0 heterocycles. The summed E-state index contributed by atoms with van der Waals surface area (Å²) in [7, 11) is 1.62. The molecule has 2 rings (SSSR count). The topological polar surface area (TPSA) is 50.4 Å². The van der Waals surface area contributed by atoms with E-state index < -0.39 is 0 Å². The average molecular weight is 317 g/mol. The summed E-state index contributed by atoms with van der Waals surface area (Å²) in [5.41, 5.74) is 1.92. The largest absolute Gasteiger partial charge is 0.497 e. The first-order chi connectivity index (χ1) is 10.7. The molecule has 0 radical (unpaired) electrons. The van der Waals surface area contributed by atoms with Crippen LogP contribution in [0.15, 0.2) is 54.7 Å². The highest BCUT2D eigenvalue weighted by Crippen LogP contribution is 2.13. The Balaban J connectivity index is 1.79. The Bertz CT molecular complexity index is 654. The van der Waals surface area contributed by atoms with Crippen LogP contribution in [-0.2, 0) is 6.54 Å². The van der Waals surface area contributed by atoms with Crippen LogP contribution in [0.1, 0.15) is 11.1 Å². The Labute approximate surface area is 134 Å². The van der Waals surface area contributed by atoms with Crippen LogP contribution in [0.25, 0.3) is 6.08 Å². The van der Waals surface area contributed by atoms with Crippen molar-refractivity contribution in [2.75, 3.05) is 7.11 Å². The second kappa shape index (κ2) is 8.10. The van der Waals surface area contributed by atoms with Crippen LogP contribution >= 0.6 is 11.6 Å². The summed E-state index contributed by atoms with van der Waals surface area (Å²) < 4.78 is 5.14. The SMILES string of the molecule is COc1cccc(/C=C/NC(=O)NCc2ccc(Cl)cc2)c1. The summed E-state index contributed by atoms with van der Waals surface area (Å²) in [6.07, 6.45) is 3.39. The van der Waals surface area contributed by atoms with E-state index in [-0.39, 0.29) is 6.03 Å². The number of halogens is 1. The molecular weight excluding hydrogens is 300 g/mol. The highest BCUT2D eigenvalue weighted by Gasteiger charge is 1.98. The number of urea groups is 1. The molecule has 2 aromatic rings. The number of nitrogens with one attached hydrogen (secondary N) is 2. The fourth-order valence-electron chi connectivity index (χ4n) is 1.79. The molecule has 0 saturated carbocycles. The monoisotopic (exact) mass is 316 g/mol. The molecule has 22 heavy (non-hydrogen) atoms. The second-order valence-corrected chi connectivity index (χ2v) is 5.00. The lowest BCUT2D eigenvalue weighted by atomic mass is 10.2. The van der Waals surface area contributed by atoms with Gasteiger partial charge in [0.25, 0.3) is 0 Å². The molecule has 2 aromatic carbocycles. The van der Waals surface area contributed by atoms with Crippen molar-refractivity contribution in [3.8, 4) is 5.75 Å². The minimum absolute atomic E-state index is 0.269. The third kappa shape index (κ3) is 5.14. The summed E-state index contributed by atoms with van der Waals surface area (Å²) in [5, 5.41) is 6.09. The Hall–Kier alpha value is -2.46. The van der Waals surface area contributed by atoms with E-state index >= 15 is 0 Å². The zero-order valence-electron chi connectivity index (χ0n) is 12.2. The molecule has 0 fully saturated rings. The number of benzene rings is 2. The van der Waals surface area contributed by atoms with Gasteiger partial charge in [0.15, 0.2) is 0 Å². The maximum atomic E-state index is 11.7. The first-order valence-electron chi connectivity index (χ1n) is 6.77. The van der Waals surface area contributed by atoms with Gasteiger partial charge in [0.05, 0.1) is 7.11 Å². The third-order valence-corrected chi connectivity index (χ3v) is 3.20. The van der Waals surface area contributed by atoms with Crippen LogP contribution in [0, 0.1) is 0 Å². The van der Waals surface area contributed by atoms with E-state index in [1.54, 1.807) is 31.5 Å². The molecule has 0 aliphatic rings. The van der Waals surface area contributed by atoms with E-state index in [1.165, 1.54) is 0 Å². The molecule has 2 N–H and O–H groups in total. The van der Waals surface area contributed by atoms with Gasteiger partial charge in [-0.05, 0) is 41.5 Å². The molecule has 0 saturated heterocycles. The minimum Gasteiger partial charge on any atom is -0.497 e. The predicted octanol–water partition coefficient (Wildman–Crippen LogP) is 3.82. The molecule has 2 amide bonds. The summed E-state index contributed by atoms with van der Waals surface area (Å²) in [5.74, 6) is 0.773. The van der Waals surface area contributed by atoms with Crippen molar-refractivity contribution in [1.29, 1.82) is 0 Å². The normalized spacial score (nSPS) is 10.5. The Morgan fingerprint density at radius 1 is 1.23 bits per heavy atom. The van der Waals surface area contributed by atoms with E-state index in [0.29, 0.717) is 11.6 Å². The first-order valence-corrected chi connectivity index (χ1v) is 7.14. The lowest BCUT2D eigenvalue weighted by molar-refractivity contribution is 0.244. The van der Waals surface area contributed by atoms with Gasteiger partial charge in [0.1, 0.15) is 5.75 Å². The highest BCUT2D eigenvalue weighted by atomic mass is 35.5. The van der Waals surface area contributed by atoms with Gasteiger partial charge >= 0.3 is 6.03 Å². The number of carbonyl (C=O) groups excluding carboxylic acids is 1. The van der Waals surface area contributed by atoms with Gasteiger partial charge in [0, 0.05) is 17.8 Å². The van der Waals surface area contributed by atoms with Crippen molar-refractivity contribution in [2.24, 2.45) is 0 Å². The van der Waals surface area contributed by atoms with Crippen LogP contribution in [0.2, 0.25) is 5.02 Å². The van der Waals surface area contributed by atoms with Crippen molar-refractivity contribution >= 4 is 23.7 Å². The maximum absolute atomic E-state index is 11.7. The molecule has 114 valence electrons. The van der Waals surface area contributed by atoms with Gasteiger partial charge in [-0.15, -0.1) is 0 Å². The summed E-state index contributed by atoms with van der Waals surface area (Å²) in [6, 6.07) is 14.6. The number of amides is 2. The number of methoxy groups -OCH3 is 1. The van der Waals surface area contributed by atoms with Gasteiger partial charge in [-0.2, -0.15) is 0 Å². The molecule has 0 bridgehead atoms. The van der Waals surface area contributed by atoms with Crippen LogP contribution in [0.4, 0.5) is 4.79 Å². The lowest BCUT2D eigenvalue weighted by Crippen LogP contribution is -2.31. The van der Waals surface area contributed by atoms with Gasteiger partial charge in [0.2, 0.25) is 0 Å². The zero-order chi connectivity index (χ0) is 15.8. The van der Waals surface area contributed by atoms with Gasteiger partial charge < -0.3 is 15.4 Å². The van der Waals surface area contributed by atoms with E-state index in [9.17, 15) is 4.79 Å². The summed E-state index contributed by atoms with van der Waals surface area (Å²) in [6.45, 7) is 0.440. The number of hydrogen-bond donors (Lipinski definition) is 2. The number of rotatable bonds is 5. The third-order valence-electron chi connectivity index (χ3n) is 2.95. The van der Waals surface area contributed by atoms with Gasteiger partial charge in [-0.3, -0.25) is 0 Å². The van der Waals surface area contributed by atoms with Crippen molar-refractivity contribution < 1.29 is 9.53 Å². The van der Waals surface area contributed by atoms with Crippen LogP contribution in [0.3, 0.4) is 0 Å². The molecule has 0 aliphatic heterocycles. The summed E-state index contributed by atoms with van der Waals surface area (Å²) >= 11 is 5.80. The molecule has 4 nitrogen and oxygen atoms in total. The smallest absolute Gasteiger partial charge is 0.319 e. The molecule has 0 atom stereocenters. The molecular formula is C17H17ClN2O2. The number of carbonyl (C=O) groups is 1. The zero-order valence-corrected chi connectivity index (χ0v) is 12.9.